The van der Waals surface area contributed by atoms with Crippen LogP contribution in [0, 0.1) is 5.92 Å². The summed E-state index contributed by atoms with van der Waals surface area (Å²) in [5, 5.41) is 0. The maximum atomic E-state index is 11.8. The average molecular weight is 252 g/mol. The van der Waals surface area contributed by atoms with E-state index in [0.717, 1.165) is 4.90 Å². The Morgan fingerprint density at radius 2 is 1.94 bits per heavy atom. The van der Waals surface area contributed by atoms with Crippen molar-refractivity contribution >= 4 is 23.5 Å². The molecule has 1 aromatic rings. The molecule has 1 aromatic carbocycles. The van der Waals surface area contributed by atoms with Crippen molar-refractivity contribution in [3.8, 4) is 0 Å². The molecule has 0 spiro atoms. The van der Waals surface area contributed by atoms with Crippen molar-refractivity contribution < 1.29 is 14.3 Å². The van der Waals surface area contributed by atoms with Crippen LogP contribution in [-0.4, -0.2) is 24.6 Å². The third-order valence-electron chi connectivity index (χ3n) is 2.41. The van der Waals surface area contributed by atoms with Crippen LogP contribution >= 0.6 is 11.8 Å². The summed E-state index contributed by atoms with van der Waals surface area (Å²) in [6.45, 7) is 1.81. The number of ketones is 1. The van der Waals surface area contributed by atoms with Gasteiger partial charge in [0, 0.05) is 4.90 Å². The largest absolute Gasteiger partial charge is 0.468 e. The minimum absolute atomic E-state index is 0.0757. The van der Waals surface area contributed by atoms with E-state index in [-0.39, 0.29) is 5.78 Å². The molecule has 0 aliphatic rings. The van der Waals surface area contributed by atoms with E-state index >= 15 is 0 Å². The summed E-state index contributed by atoms with van der Waals surface area (Å²) in [6, 6.07) is 9.65. The maximum absolute atomic E-state index is 11.8. The zero-order valence-corrected chi connectivity index (χ0v) is 10.8. The van der Waals surface area contributed by atoms with Crippen molar-refractivity contribution in [2.24, 2.45) is 5.92 Å². The summed E-state index contributed by atoms with van der Waals surface area (Å²) in [4.78, 5) is 24.2. The molecule has 0 heterocycles. The van der Waals surface area contributed by atoms with E-state index < -0.39 is 11.9 Å². The van der Waals surface area contributed by atoms with Gasteiger partial charge < -0.3 is 4.74 Å². The lowest BCUT2D eigenvalue weighted by molar-refractivity contribution is -0.148. The van der Waals surface area contributed by atoms with Crippen molar-refractivity contribution in [2.45, 2.75) is 18.2 Å². The van der Waals surface area contributed by atoms with Crippen LogP contribution in [0.2, 0.25) is 0 Å². The van der Waals surface area contributed by atoms with Crippen molar-refractivity contribution in [2.75, 3.05) is 12.9 Å². The number of carbonyl (C=O) groups excluding carboxylic acids is 2. The summed E-state index contributed by atoms with van der Waals surface area (Å²) in [5.74, 6) is -0.840. The minimum Gasteiger partial charge on any atom is -0.468 e. The zero-order valence-electron chi connectivity index (χ0n) is 10.0. The van der Waals surface area contributed by atoms with E-state index in [2.05, 4.69) is 4.74 Å². The fourth-order valence-corrected chi connectivity index (χ4v) is 2.30. The average Bonchev–Trinajstić information content (AvgIpc) is 2.38. The van der Waals surface area contributed by atoms with Crippen LogP contribution in [0.25, 0.3) is 0 Å². The van der Waals surface area contributed by atoms with Gasteiger partial charge in [-0.3, -0.25) is 9.59 Å². The van der Waals surface area contributed by atoms with E-state index in [1.807, 2.05) is 37.3 Å². The van der Waals surface area contributed by atoms with Gasteiger partial charge in [0.1, 0.15) is 5.92 Å². The van der Waals surface area contributed by atoms with Crippen LogP contribution in [0.15, 0.2) is 35.2 Å². The molecule has 17 heavy (non-hydrogen) atoms. The first-order chi connectivity index (χ1) is 8.19. The number of rotatable bonds is 6. The molecule has 0 fully saturated rings. The molecule has 0 aliphatic heterocycles. The predicted molar refractivity (Wildman–Crippen MR) is 68.0 cm³/mol. The van der Waals surface area contributed by atoms with Crippen molar-refractivity contribution in [1.82, 2.24) is 0 Å². The summed E-state index contributed by atoms with van der Waals surface area (Å²) in [5.41, 5.74) is 0. The molecular weight excluding hydrogens is 236 g/mol. The molecule has 0 radical (unpaired) electrons. The standard InChI is InChI=1S/C13H16O3S/c1-3-11(13(15)16-2)12(14)9-17-10-7-5-4-6-8-10/h4-8,11H,3,9H2,1-2H3. The Labute approximate surface area is 106 Å². The first-order valence-electron chi connectivity index (χ1n) is 5.47. The molecular formula is C13H16O3S. The monoisotopic (exact) mass is 252 g/mol. The molecule has 0 N–H and O–H groups in total. The molecule has 0 aliphatic carbocycles. The number of hydrogen-bond donors (Lipinski definition) is 0. The number of Topliss-reactive ketones (excluding diaryl/α,β-unsaturated/α-hetero) is 1. The van der Waals surface area contributed by atoms with Gasteiger partial charge in [-0.15, -0.1) is 11.8 Å². The van der Waals surface area contributed by atoms with Crippen molar-refractivity contribution in [1.29, 1.82) is 0 Å². The number of thioether (sulfide) groups is 1. The van der Waals surface area contributed by atoms with Crippen LogP contribution in [0.4, 0.5) is 0 Å². The molecule has 1 unspecified atom stereocenters. The molecule has 0 bridgehead atoms. The topological polar surface area (TPSA) is 43.4 Å². The quantitative estimate of drug-likeness (QED) is 0.443. The minimum atomic E-state index is -0.629. The van der Waals surface area contributed by atoms with Crippen LogP contribution in [0.3, 0.4) is 0 Å². The number of methoxy groups -OCH3 is 1. The Kier molecular flexibility index (Phi) is 5.77. The van der Waals surface area contributed by atoms with E-state index in [0.29, 0.717) is 12.2 Å². The second kappa shape index (κ2) is 7.12. The third-order valence-corrected chi connectivity index (χ3v) is 3.44. The molecule has 1 atom stereocenters. The number of benzene rings is 1. The van der Waals surface area contributed by atoms with Gasteiger partial charge in [0.15, 0.2) is 5.78 Å². The Bertz CT molecular complexity index is 376. The SMILES string of the molecule is CCC(C(=O)CSc1ccccc1)C(=O)OC. The molecule has 0 saturated carbocycles. The molecule has 1 rings (SSSR count). The van der Waals surface area contributed by atoms with Gasteiger partial charge in [-0.2, -0.15) is 0 Å². The van der Waals surface area contributed by atoms with E-state index in [9.17, 15) is 9.59 Å². The van der Waals surface area contributed by atoms with Crippen LogP contribution in [0.1, 0.15) is 13.3 Å². The van der Waals surface area contributed by atoms with E-state index in [4.69, 9.17) is 0 Å². The number of carbonyl (C=O) groups is 2. The number of esters is 1. The lowest BCUT2D eigenvalue weighted by Gasteiger charge is -2.10. The van der Waals surface area contributed by atoms with Gasteiger partial charge in [0.2, 0.25) is 0 Å². The molecule has 4 heteroatoms. The Morgan fingerprint density at radius 1 is 1.29 bits per heavy atom. The van der Waals surface area contributed by atoms with Crippen molar-refractivity contribution in [3.05, 3.63) is 30.3 Å². The first kappa shape index (κ1) is 13.8. The van der Waals surface area contributed by atoms with Gasteiger partial charge in [-0.05, 0) is 18.6 Å². The highest BCUT2D eigenvalue weighted by Gasteiger charge is 2.24. The maximum Gasteiger partial charge on any atom is 0.316 e. The Hall–Kier alpha value is -1.29. The van der Waals surface area contributed by atoms with Crippen molar-refractivity contribution in [3.63, 3.8) is 0 Å². The highest BCUT2D eigenvalue weighted by Crippen LogP contribution is 2.19. The molecule has 0 aromatic heterocycles. The lowest BCUT2D eigenvalue weighted by atomic mass is 10.0. The summed E-state index contributed by atoms with van der Waals surface area (Å²) in [6.07, 6.45) is 0.487. The van der Waals surface area contributed by atoms with Gasteiger partial charge in [-0.25, -0.2) is 0 Å². The lowest BCUT2D eigenvalue weighted by Crippen LogP contribution is -2.26. The summed E-state index contributed by atoms with van der Waals surface area (Å²) >= 11 is 1.44. The van der Waals surface area contributed by atoms with Gasteiger partial charge in [0.05, 0.1) is 12.9 Å². The Morgan fingerprint density at radius 3 is 2.47 bits per heavy atom. The van der Waals surface area contributed by atoms with Crippen LogP contribution in [0.5, 0.6) is 0 Å². The molecule has 0 amide bonds. The van der Waals surface area contributed by atoms with Gasteiger partial charge >= 0.3 is 5.97 Å². The van der Waals surface area contributed by atoms with Crippen LogP contribution < -0.4 is 0 Å². The summed E-state index contributed by atoms with van der Waals surface area (Å²) < 4.78 is 4.61. The second-order valence-electron chi connectivity index (χ2n) is 3.55. The van der Waals surface area contributed by atoms with Gasteiger partial charge in [0.25, 0.3) is 0 Å². The first-order valence-corrected chi connectivity index (χ1v) is 6.46. The molecule has 3 nitrogen and oxygen atoms in total. The number of ether oxygens (including phenoxy) is 1. The normalized spacial score (nSPS) is 11.9. The smallest absolute Gasteiger partial charge is 0.316 e. The van der Waals surface area contributed by atoms with E-state index in [1.165, 1.54) is 18.9 Å². The summed E-state index contributed by atoms with van der Waals surface area (Å²) in [7, 11) is 1.31. The fraction of sp³-hybridized carbons (Fsp3) is 0.385. The van der Waals surface area contributed by atoms with E-state index in [1.54, 1.807) is 0 Å². The number of hydrogen-bond acceptors (Lipinski definition) is 4. The zero-order chi connectivity index (χ0) is 12.7. The second-order valence-corrected chi connectivity index (χ2v) is 4.60. The molecule has 0 saturated heterocycles. The predicted octanol–water partition coefficient (Wildman–Crippen LogP) is 2.55. The van der Waals surface area contributed by atoms with Gasteiger partial charge in [-0.1, -0.05) is 25.1 Å². The highest BCUT2D eigenvalue weighted by molar-refractivity contribution is 8.00. The fourth-order valence-electron chi connectivity index (χ4n) is 1.44. The third kappa shape index (κ3) is 4.23. The molecule has 92 valence electrons. The Balaban J connectivity index is 2.51. The highest BCUT2D eigenvalue weighted by atomic mass is 32.2. The van der Waals surface area contributed by atoms with Crippen LogP contribution in [-0.2, 0) is 14.3 Å².